The van der Waals surface area contributed by atoms with E-state index >= 15 is 0 Å². The van der Waals surface area contributed by atoms with Gasteiger partial charge in [-0.15, -0.1) is 0 Å². The molecule has 1 spiro atoms. The summed E-state index contributed by atoms with van der Waals surface area (Å²) in [5, 5.41) is 8.41. The highest BCUT2D eigenvalue weighted by atomic mass is 16.2. The van der Waals surface area contributed by atoms with Gasteiger partial charge in [-0.25, -0.2) is 4.79 Å². The molecule has 33 heavy (non-hydrogen) atoms. The molecule has 2 heterocycles. The largest absolute Gasteiger partial charge is 0.360 e. The molecule has 0 saturated carbocycles. The van der Waals surface area contributed by atoms with Crippen LogP contribution in [0, 0.1) is 0 Å². The second kappa shape index (κ2) is 8.23. The monoisotopic (exact) mass is 447 g/mol. The van der Waals surface area contributed by atoms with Crippen molar-refractivity contribution < 1.29 is 19.2 Å². The summed E-state index contributed by atoms with van der Waals surface area (Å²) in [5.74, 6) is -0.776. The van der Waals surface area contributed by atoms with Crippen LogP contribution in [0.15, 0.2) is 48.5 Å². The van der Waals surface area contributed by atoms with E-state index in [9.17, 15) is 19.2 Å². The SMILES string of the molecule is O=C(CN1C(=O)NC2(CCc3ccccc32)C1=O)NCc1ccc(N2CCNC(=O)C2)cc1. The molecule has 0 bridgehead atoms. The number of hydrogen-bond acceptors (Lipinski definition) is 5. The lowest BCUT2D eigenvalue weighted by atomic mass is 9.92. The van der Waals surface area contributed by atoms with Crippen LogP contribution in [0.3, 0.4) is 0 Å². The van der Waals surface area contributed by atoms with E-state index in [0.717, 1.165) is 33.8 Å². The number of nitrogens with zero attached hydrogens (tertiary/aromatic N) is 2. The van der Waals surface area contributed by atoms with Crippen molar-refractivity contribution in [2.24, 2.45) is 0 Å². The summed E-state index contributed by atoms with van der Waals surface area (Å²) >= 11 is 0. The topological polar surface area (TPSA) is 111 Å². The number of amides is 5. The van der Waals surface area contributed by atoms with Crippen molar-refractivity contribution in [1.29, 1.82) is 0 Å². The normalized spacial score (nSPS) is 21.8. The molecule has 2 fully saturated rings. The third-order valence-corrected chi connectivity index (χ3v) is 6.55. The number of carbonyl (C=O) groups excluding carboxylic acids is 4. The maximum absolute atomic E-state index is 13.2. The summed E-state index contributed by atoms with van der Waals surface area (Å²) in [4.78, 5) is 52.8. The van der Waals surface area contributed by atoms with Crippen LogP contribution in [0.1, 0.15) is 23.1 Å². The fraction of sp³-hybridized carbons (Fsp3) is 0.333. The molecular weight excluding hydrogens is 422 g/mol. The number of hydrogen-bond donors (Lipinski definition) is 3. The predicted octanol–water partition coefficient (Wildman–Crippen LogP) is 0.633. The molecule has 5 rings (SSSR count). The molecule has 2 aromatic rings. The molecule has 9 nitrogen and oxygen atoms in total. The first-order chi connectivity index (χ1) is 16.0. The van der Waals surface area contributed by atoms with Crippen LogP contribution in [0.5, 0.6) is 0 Å². The zero-order valence-corrected chi connectivity index (χ0v) is 18.1. The van der Waals surface area contributed by atoms with Crippen molar-refractivity contribution in [2.45, 2.75) is 24.9 Å². The fourth-order valence-corrected chi connectivity index (χ4v) is 4.82. The molecule has 5 amide bonds. The van der Waals surface area contributed by atoms with E-state index in [-0.39, 0.29) is 24.9 Å². The molecule has 1 aliphatic carbocycles. The van der Waals surface area contributed by atoms with E-state index in [2.05, 4.69) is 16.0 Å². The van der Waals surface area contributed by atoms with Gasteiger partial charge in [0.1, 0.15) is 12.1 Å². The highest BCUT2D eigenvalue weighted by Crippen LogP contribution is 2.41. The van der Waals surface area contributed by atoms with E-state index in [1.54, 1.807) is 0 Å². The Bertz CT molecular complexity index is 1130. The number of carbonyl (C=O) groups is 4. The Kier molecular flexibility index (Phi) is 5.24. The third-order valence-electron chi connectivity index (χ3n) is 6.55. The Hall–Kier alpha value is -3.88. The predicted molar refractivity (Wildman–Crippen MR) is 120 cm³/mol. The number of anilines is 1. The molecular formula is C24H25N5O4. The van der Waals surface area contributed by atoms with Gasteiger partial charge in [-0.1, -0.05) is 36.4 Å². The average Bonchev–Trinajstić information content (AvgIpc) is 3.31. The van der Waals surface area contributed by atoms with Gasteiger partial charge in [-0.2, -0.15) is 0 Å². The number of imide groups is 1. The standard InChI is InChI=1S/C24H25N5O4/c30-20-14-28(12-11-25-20)18-7-5-16(6-8-18)13-26-21(31)15-29-22(32)24(27-23(29)33)10-9-17-3-1-2-4-19(17)24/h1-8H,9-15H2,(H,25,30)(H,26,31)(H,27,33). The molecule has 1 atom stereocenters. The molecule has 3 aliphatic rings. The summed E-state index contributed by atoms with van der Waals surface area (Å²) in [6.45, 7) is 1.65. The van der Waals surface area contributed by atoms with Crippen molar-refractivity contribution in [2.75, 3.05) is 31.1 Å². The second-order valence-corrected chi connectivity index (χ2v) is 8.60. The Morgan fingerprint density at radius 1 is 1.06 bits per heavy atom. The highest BCUT2D eigenvalue weighted by Gasteiger charge is 2.55. The van der Waals surface area contributed by atoms with Gasteiger partial charge in [0.15, 0.2) is 0 Å². The summed E-state index contributed by atoms with van der Waals surface area (Å²) in [6.07, 6.45) is 1.21. The zero-order chi connectivity index (χ0) is 23.0. The molecule has 9 heteroatoms. The van der Waals surface area contributed by atoms with E-state index in [4.69, 9.17) is 0 Å². The van der Waals surface area contributed by atoms with Gasteiger partial charge in [0.25, 0.3) is 5.91 Å². The lowest BCUT2D eigenvalue weighted by molar-refractivity contribution is -0.135. The van der Waals surface area contributed by atoms with Gasteiger partial charge in [0.05, 0.1) is 6.54 Å². The van der Waals surface area contributed by atoms with Gasteiger partial charge in [0, 0.05) is 25.3 Å². The van der Waals surface area contributed by atoms with Gasteiger partial charge in [-0.05, 0) is 41.7 Å². The number of rotatable bonds is 5. The van der Waals surface area contributed by atoms with E-state index in [1.807, 2.05) is 53.4 Å². The quantitative estimate of drug-likeness (QED) is 0.583. The van der Waals surface area contributed by atoms with Crippen LogP contribution in [-0.4, -0.2) is 54.8 Å². The molecule has 0 radical (unpaired) electrons. The van der Waals surface area contributed by atoms with Crippen molar-refractivity contribution in [3.05, 3.63) is 65.2 Å². The molecule has 1 unspecified atom stereocenters. The van der Waals surface area contributed by atoms with E-state index < -0.39 is 17.5 Å². The molecule has 170 valence electrons. The lowest BCUT2D eigenvalue weighted by Gasteiger charge is -2.28. The molecule has 3 N–H and O–H groups in total. The van der Waals surface area contributed by atoms with Crippen LogP contribution in [0.2, 0.25) is 0 Å². The van der Waals surface area contributed by atoms with Crippen LogP contribution in [0.25, 0.3) is 0 Å². The minimum atomic E-state index is -1.06. The first-order valence-electron chi connectivity index (χ1n) is 11.1. The summed E-state index contributed by atoms with van der Waals surface area (Å²) in [6, 6.07) is 14.7. The van der Waals surface area contributed by atoms with Crippen LogP contribution in [0.4, 0.5) is 10.5 Å². The van der Waals surface area contributed by atoms with Crippen LogP contribution in [-0.2, 0) is 32.9 Å². The van der Waals surface area contributed by atoms with Crippen molar-refractivity contribution in [3.8, 4) is 0 Å². The molecule has 2 aromatic carbocycles. The molecule has 0 aromatic heterocycles. The Morgan fingerprint density at radius 2 is 1.85 bits per heavy atom. The number of urea groups is 1. The number of fused-ring (bicyclic) bond motifs is 2. The summed E-state index contributed by atoms with van der Waals surface area (Å²) in [5.41, 5.74) is 2.63. The number of benzene rings is 2. The highest BCUT2D eigenvalue weighted by molar-refractivity contribution is 6.09. The number of piperazine rings is 1. The number of aryl methyl sites for hydroxylation is 1. The zero-order valence-electron chi connectivity index (χ0n) is 18.1. The van der Waals surface area contributed by atoms with Gasteiger partial charge in [0.2, 0.25) is 11.8 Å². The van der Waals surface area contributed by atoms with Gasteiger partial charge >= 0.3 is 6.03 Å². The maximum atomic E-state index is 13.2. The lowest BCUT2D eigenvalue weighted by Crippen LogP contribution is -2.47. The first-order valence-corrected chi connectivity index (χ1v) is 11.1. The van der Waals surface area contributed by atoms with E-state index in [0.29, 0.717) is 25.9 Å². The Balaban J connectivity index is 1.18. The van der Waals surface area contributed by atoms with Crippen molar-refractivity contribution in [1.82, 2.24) is 20.9 Å². The first kappa shape index (κ1) is 21.0. The Morgan fingerprint density at radius 3 is 2.64 bits per heavy atom. The smallest absolute Gasteiger partial charge is 0.325 e. The molecule has 2 saturated heterocycles. The average molecular weight is 447 g/mol. The molecule has 2 aliphatic heterocycles. The minimum Gasteiger partial charge on any atom is -0.360 e. The van der Waals surface area contributed by atoms with Gasteiger partial charge < -0.3 is 20.9 Å². The minimum absolute atomic E-state index is 0.000888. The van der Waals surface area contributed by atoms with Crippen LogP contribution >= 0.6 is 0 Å². The Labute approximate surface area is 191 Å². The van der Waals surface area contributed by atoms with Crippen LogP contribution < -0.4 is 20.9 Å². The van der Waals surface area contributed by atoms with Crippen molar-refractivity contribution in [3.63, 3.8) is 0 Å². The summed E-state index contributed by atoms with van der Waals surface area (Å²) in [7, 11) is 0. The second-order valence-electron chi connectivity index (χ2n) is 8.60. The van der Waals surface area contributed by atoms with E-state index in [1.165, 1.54) is 0 Å². The number of nitrogens with one attached hydrogen (secondary N) is 3. The summed E-state index contributed by atoms with van der Waals surface area (Å²) < 4.78 is 0. The third kappa shape index (κ3) is 3.79. The maximum Gasteiger partial charge on any atom is 0.325 e. The fourth-order valence-electron chi connectivity index (χ4n) is 4.82. The van der Waals surface area contributed by atoms with Crippen molar-refractivity contribution >= 4 is 29.4 Å². The van der Waals surface area contributed by atoms with Gasteiger partial charge in [-0.3, -0.25) is 19.3 Å².